The third kappa shape index (κ3) is 4.18. The standard InChI is InChI=1S/C22H18F6O/c1-2-7-16-15(11-12-18(20(16)24)29-22(26,27)28)19-17(23)10-6-13-21(19,25)14-8-4-3-5-9-14/h3-6,8-12H,2,7,13H2,1H3. The lowest BCUT2D eigenvalue weighted by molar-refractivity contribution is -0.275. The first-order valence-corrected chi connectivity index (χ1v) is 9.06. The van der Waals surface area contributed by atoms with Crippen LogP contribution in [0.5, 0.6) is 5.75 Å². The predicted octanol–water partition coefficient (Wildman–Crippen LogP) is 7.18. The number of alkyl halides is 4. The lowest BCUT2D eigenvalue weighted by Gasteiger charge is -2.32. The molecule has 3 rings (SSSR count). The summed E-state index contributed by atoms with van der Waals surface area (Å²) in [6, 6.07) is 9.68. The number of hydrogen-bond donors (Lipinski definition) is 0. The van der Waals surface area contributed by atoms with Crippen LogP contribution in [0.3, 0.4) is 0 Å². The van der Waals surface area contributed by atoms with Gasteiger partial charge in [0.1, 0.15) is 5.83 Å². The summed E-state index contributed by atoms with van der Waals surface area (Å²) < 4.78 is 87.3. The third-order valence-electron chi connectivity index (χ3n) is 4.73. The Morgan fingerprint density at radius 1 is 1.03 bits per heavy atom. The van der Waals surface area contributed by atoms with Gasteiger partial charge in [0.25, 0.3) is 0 Å². The molecule has 0 spiro atoms. The van der Waals surface area contributed by atoms with Gasteiger partial charge in [-0.1, -0.05) is 55.8 Å². The minimum absolute atomic E-state index is 0.0123. The van der Waals surface area contributed by atoms with Gasteiger partial charge in [-0.15, -0.1) is 13.2 Å². The Bertz CT molecular complexity index is 946. The smallest absolute Gasteiger partial charge is 0.403 e. The molecule has 0 saturated carbocycles. The number of ether oxygens (including phenoxy) is 1. The summed E-state index contributed by atoms with van der Waals surface area (Å²) in [5.74, 6) is -3.20. The van der Waals surface area contributed by atoms with Crippen molar-refractivity contribution in [2.45, 2.75) is 38.2 Å². The van der Waals surface area contributed by atoms with Crippen LogP contribution in [0.25, 0.3) is 5.57 Å². The van der Waals surface area contributed by atoms with Crippen molar-refractivity contribution in [1.82, 2.24) is 0 Å². The molecule has 2 aromatic carbocycles. The molecule has 1 aliphatic carbocycles. The zero-order valence-corrected chi connectivity index (χ0v) is 15.5. The van der Waals surface area contributed by atoms with Crippen molar-refractivity contribution in [2.24, 2.45) is 0 Å². The van der Waals surface area contributed by atoms with Crippen LogP contribution >= 0.6 is 0 Å². The maximum atomic E-state index is 16.1. The molecule has 0 aliphatic heterocycles. The average molecular weight is 412 g/mol. The molecule has 0 fully saturated rings. The van der Waals surface area contributed by atoms with Gasteiger partial charge in [-0.2, -0.15) is 0 Å². The zero-order valence-electron chi connectivity index (χ0n) is 15.5. The second-order valence-corrected chi connectivity index (χ2v) is 6.70. The Hall–Kier alpha value is -2.70. The Morgan fingerprint density at radius 3 is 2.34 bits per heavy atom. The Labute approximate surface area is 164 Å². The molecule has 0 amide bonds. The largest absolute Gasteiger partial charge is 0.573 e. The van der Waals surface area contributed by atoms with E-state index in [2.05, 4.69) is 4.74 Å². The molecular formula is C22H18F6O. The Kier molecular flexibility index (Phi) is 5.78. The molecule has 0 heterocycles. The minimum atomic E-state index is -5.09. The highest BCUT2D eigenvalue weighted by molar-refractivity contribution is 5.80. The van der Waals surface area contributed by atoms with Gasteiger partial charge in [-0.3, -0.25) is 0 Å². The maximum absolute atomic E-state index is 16.1. The fourth-order valence-electron chi connectivity index (χ4n) is 3.54. The molecule has 154 valence electrons. The molecule has 0 N–H and O–H groups in total. The number of halogens is 6. The number of hydrogen-bond acceptors (Lipinski definition) is 1. The van der Waals surface area contributed by atoms with Crippen LogP contribution in [0.15, 0.2) is 60.4 Å². The summed E-state index contributed by atoms with van der Waals surface area (Å²) >= 11 is 0. The number of rotatable bonds is 5. The van der Waals surface area contributed by atoms with Crippen LogP contribution in [-0.2, 0) is 12.1 Å². The predicted molar refractivity (Wildman–Crippen MR) is 98.1 cm³/mol. The highest BCUT2D eigenvalue weighted by Crippen LogP contribution is 2.49. The molecule has 1 nitrogen and oxygen atoms in total. The maximum Gasteiger partial charge on any atom is 0.573 e. The van der Waals surface area contributed by atoms with Crippen molar-refractivity contribution >= 4 is 5.57 Å². The lowest BCUT2D eigenvalue weighted by Crippen LogP contribution is -2.25. The molecule has 0 radical (unpaired) electrons. The van der Waals surface area contributed by atoms with Crippen LogP contribution in [0.4, 0.5) is 26.3 Å². The number of allylic oxidation sites excluding steroid dienone is 4. The van der Waals surface area contributed by atoms with E-state index < -0.39 is 35.0 Å². The van der Waals surface area contributed by atoms with Gasteiger partial charge >= 0.3 is 6.36 Å². The van der Waals surface area contributed by atoms with E-state index in [-0.39, 0.29) is 29.5 Å². The van der Waals surface area contributed by atoms with E-state index in [4.69, 9.17) is 0 Å². The van der Waals surface area contributed by atoms with Gasteiger partial charge in [0, 0.05) is 12.0 Å². The molecule has 0 aromatic heterocycles. The van der Waals surface area contributed by atoms with Crippen molar-refractivity contribution in [1.29, 1.82) is 0 Å². The summed E-state index contributed by atoms with van der Waals surface area (Å²) in [6.07, 6.45) is -2.51. The molecule has 29 heavy (non-hydrogen) atoms. The molecule has 0 bridgehead atoms. The normalized spacial score (nSPS) is 19.6. The summed E-state index contributed by atoms with van der Waals surface area (Å²) in [7, 11) is 0. The quantitative estimate of drug-likeness (QED) is 0.473. The monoisotopic (exact) mass is 412 g/mol. The zero-order chi connectivity index (χ0) is 21.2. The third-order valence-corrected chi connectivity index (χ3v) is 4.73. The van der Waals surface area contributed by atoms with Crippen molar-refractivity contribution in [2.75, 3.05) is 0 Å². The fourth-order valence-corrected chi connectivity index (χ4v) is 3.54. The minimum Gasteiger partial charge on any atom is -0.403 e. The molecule has 7 heteroatoms. The summed E-state index contributed by atoms with van der Waals surface area (Å²) in [6.45, 7) is 1.69. The second kappa shape index (κ2) is 7.97. The van der Waals surface area contributed by atoms with Crippen molar-refractivity contribution in [3.05, 3.63) is 83.0 Å². The first kappa shape index (κ1) is 21.0. The molecule has 0 saturated heterocycles. The molecule has 1 atom stereocenters. The Morgan fingerprint density at radius 2 is 1.72 bits per heavy atom. The van der Waals surface area contributed by atoms with E-state index in [1.54, 1.807) is 25.1 Å². The van der Waals surface area contributed by atoms with Crippen LogP contribution in [-0.4, -0.2) is 6.36 Å². The second-order valence-electron chi connectivity index (χ2n) is 6.70. The highest BCUT2D eigenvalue weighted by atomic mass is 19.4. The average Bonchev–Trinajstić information content (AvgIpc) is 2.66. The van der Waals surface area contributed by atoms with E-state index in [0.717, 1.165) is 18.2 Å². The molecular weight excluding hydrogens is 394 g/mol. The van der Waals surface area contributed by atoms with Crippen LogP contribution in [0, 0.1) is 5.82 Å². The van der Waals surface area contributed by atoms with Gasteiger partial charge in [-0.25, -0.2) is 13.2 Å². The molecule has 2 aromatic rings. The van der Waals surface area contributed by atoms with E-state index in [9.17, 15) is 22.0 Å². The first-order valence-electron chi connectivity index (χ1n) is 9.06. The first-order chi connectivity index (χ1) is 13.7. The topological polar surface area (TPSA) is 9.23 Å². The van der Waals surface area contributed by atoms with Crippen molar-refractivity contribution in [3.8, 4) is 5.75 Å². The van der Waals surface area contributed by atoms with Crippen molar-refractivity contribution in [3.63, 3.8) is 0 Å². The van der Waals surface area contributed by atoms with Gasteiger partial charge in [0.05, 0.1) is 0 Å². The lowest BCUT2D eigenvalue weighted by atomic mass is 9.77. The van der Waals surface area contributed by atoms with E-state index in [1.807, 2.05) is 0 Å². The van der Waals surface area contributed by atoms with E-state index >= 15 is 4.39 Å². The summed E-state index contributed by atoms with van der Waals surface area (Å²) in [4.78, 5) is 0. The van der Waals surface area contributed by atoms with E-state index in [0.29, 0.717) is 6.42 Å². The summed E-state index contributed by atoms with van der Waals surface area (Å²) in [5, 5.41) is 0. The Balaban J connectivity index is 2.21. The molecule has 1 unspecified atom stereocenters. The molecule has 1 aliphatic rings. The van der Waals surface area contributed by atoms with Gasteiger partial charge in [-0.05, 0) is 35.3 Å². The number of benzene rings is 2. The van der Waals surface area contributed by atoms with Gasteiger partial charge < -0.3 is 4.74 Å². The summed E-state index contributed by atoms with van der Waals surface area (Å²) in [5.41, 5.74) is -2.83. The van der Waals surface area contributed by atoms with E-state index in [1.165, 1.54) is 18.2 Å². The highest BCUT2D eigenvalue weighted by Gasteiger charge is 2.42. The van der Waals surface area contributed by atoms with Gasteiger partial charge in [0.2, 0.25) is 0 Å². The van der Waals surface area contributed by atoms with Crippen LogP contribution < -0.4 is 4.74 Å². The van der Waals surface area contributed by atoms with Crippen molar-refractivity contribution < 1.29 is 31.1 Å². The fraction of sp³-hybridized carbons (Fsp3) is 0.273. The SMILES string of the molecule is CCCc1c(C2=C(F)C=CCC2(F)c2ccccc2)ccc(OC(F)(F)F)c1F. The van der Waals surface area contributed by atoms with Crippen LogP contribution in [0.2, 0.25) is 0 Å². The van der Waals surface area contributed by atoms with Crippen LogP contribution in [0.1, 0.15) is 36.5 Å². The van der Waals surface area contributed by atoms with Gasteiger partial charge in [0.15, 0.2) is 17.2 Å².